The number of aromatic nitrogens is 2. The smallest absolute Gasteiger partial charge is 0.124 e. The number of rotatable bonds is 3. The number of imidazole rings is 1. The lowest BCUT2D eigenvalue weighted by atomic mass is 10.0. The predicted octanol–water partition coefficient (Wildman–Crippen LogP) is 2.48. The Morgan fingerprint density at radius 2 is 1.79 bits per heavy atom. The minimum atomic E-state index is 0.446. The van der Waals surface area contributed by atoms with Gasteiger partial charge in [0.25, 0.3) is 0 Å². The van der Waals surface area contributed by atoms with Crippen LogP contribution in [0.3, 0.4) is 0 Å². The quantitative estimate of drug-likeness (QED) is 0.921. The average Bonchev–Trinajstić information content (AvgIpc) is 2.65. The first-order valence-electron chi connectivity index (χ1n) is 6.37. The first-order chi connectivity index (χ1) is 8.99. The second kappa shape index (κ2) is 5.05. The van der Waals surface area contributed by atoms with E-state index in [0.717, 1.165) is 39.7 Å². The highest BCUT2D eigenvalue weighted by molar-refractivity contribution is 5.67. The lowest BCUT2D eigenvalue weighted by Gasteiger charge is -2.13. The van der Waals surface area contributed by atoms with Crippen LogP contribution >= 0.6 is 0 Å². The van der Waals surface area contributed by atoms with Gasteiger partial charge in [-0.1, -0.05) is 0 Å². The molecule has 0 bridgehead atoms. The van der Waals surface area contributed by atoms with Gasteiger partial charge in [0.05, 0.1) is 18.5 Å². The average molecular weight is 259 g/mol. The Morgan fingerprint density at radius 1 is 1.21 bits per heavy atom. The predicted molar refractivity (Wildman–Crippen MR) is 77.3 cm³/mol. The summed E-state index contributed by atoms with van der Waals surface area (Å²) < 4.78 is 7.50. The van der Waals surface area contributed by atoms with Crippen LogP contribution < -0.4 is 10.5 Å². The first kappa shape index (κ1) is 13.6. The second-order valence-corrected chi connectivity index (χ2v) is 4.86. The van der Waals surface area contributed by atoms with Crippen LogP contribution in [0.25, 0.3) is 11.3 Å². The lowest BCUT2D eigenvalue weighted by molar-refractivity contribution is 0.408. The molecule has 0 fully saturated rings. The molecule has 0 amide bonds. The molecule has 19 heavy (non-hydrogen) atoms. The van der Waals surface area contributed by atoms with Crippen molar-refractivity contribution in [3.63, 3.8) is 0 Å². The molecule has 4 nitrogen and oxygen atoms in total. The Labute approximate surface area is 114 Å². The topological polar surface area (TPSA) is 53.1 Å². The third kappa shape index (κ3) is 2.24. The Balaban J connectivity index is 2.66. The van der Waals surface area contributed by atoms with Gasteiger partial charge in [0.15, 0.2) is 0 Å². The van der Waals surface area contributed by atoms with Crippen LogP contribution in [0.4, 0.5) is 0 Å². The fraction of sp³-hybridized carbons (Fsp3) is 0.400. The van der Waals surface area contributed by atoms with Crippen molar-refractivity contribution in [2.75, 3.05) is 7.11 Å². The van der Waals surface area contributed by atoms with Gasteiger partial charge in [-0.2, -0.15) is 0 Å². The maximum absolute atomic E-state index is 5.80. The van der Waals surface area contributed by atoms with E-state index in [1.165, 1.54) is 0 Å². The van der Waals surface area contributed by atoms with Crippen molar-refractivity contribution < 1.29 is 4.74 Å². The van der Waals surface area contributed by atoms with E-state index in [1.807, 2.05) is 14.0 Å². The van der Waals surface area contributed by atoms with Gasteiger partial charge in [-0.15, -0.1) is 0 Å². The highest BCUT2D eigenvalue weighted by Gasteiger charge is 2.15. The van der Waals surface area contributed by atoms with E-state index < -0.39 is 0 Å². The molecule has 2 rings (SSSR count). The maximum atomic E-state index is 5.80. The van der Waals surface area contributed by atoms with Gasteiger partial charge in [-0.25, -0.2) is 4.98 Å². The number of hydrogen-bond acceptors (Lipinski definition) is 3. The van der Waals surface area contributed by atoms with Gasteiger partial charge in [0.1, 0.15) is 11.6 Å². The highest BCUT2D eigenvalue weighted by atomic mass is 16.5. The van der Waals surface area contributed by atoms with Gasteiger partial charge in [0.2, 0.25) is 0 Å². The van der Waals surface area contributed by atoms with Crippen LogP contribution in [-0.2, 0) is 13.6 Å². The summed E-state index contributed by atoms with van der Waals surface area (Å²) in [6.07, 6.45) is 0. The lowest BCUT2D eigenvalue weighted by Crippen LogP contribution is -2.02. The van der Waals surface area contributed by atoms with Crippen molar-refractivity contribution >= 4 is 0 Å². The molecule has 0 unspecified atom stereocenters. The van der Waals surface area contributed by atoms with Gasteiger partial charge in [0, 0.05) is 19.2 Å². The molecule has 0 radical (unpaired) electrons. The molecule has 0 aliphatic heterocycles. The van der Waals surface area contributed by atoms with Crippen molar-refractivity contribution in [1.29, 1.82) is 0 Å². The molecular weight excluding hydrogens is 238 g/mol. The van der Waals surface area contributed by atoms with Crippen LogP contribution in [0.5, 0.6) is 5.75 Å². The molecule has 0 saturated carbocycles. The Bertz CT molecular complexity index is 591. The standard InChI is InChI=1S/C15H21N3O/c1-9-6-12(7-10(2)15(9)19-5)14-13(8-16)17-11(3)18(14)4/h6-7H,8,16H2,1-5H3. The van der Waals surface area contributed by atoms with Crippen molar-refractivity contribution in [1.82, 2.24) is 9.55 Å². The maximum Gasteiger partial charge on any atom is 0.124 e. The molecule has 0 saturated heterocycles. The summed E-state index contributed by atoms with van der Waals surface area (Å²) in [5.74, 6) is 1.92. The number of hydrogen-bond donors (Lipinski definition) is 1. The van der Waals surface area contributed by atoms with Gasteiger partial charge < -0.3 is 15.0 Å². The van der Waals surface area contributed by atoms with E-state index in [1.54, 1.807) is 7.11 Å². The zero-order valence-corrected chi connectivity index (χ0v) is 12.2. The highest BCUT2D eigenvalue weighted by Crippen LogP contribution is 2.31. The van der Waals surface area contributed by atoms with Crippen LogP contribution in [0.1, 0.15) is 22.6 Å². The monoisotopic (exact) mass is 259 g/mol. The van der Waals surface area contributed by atoms with E-state index in [9.17, 15) is 0 Å². The van der Waals surface area contributed by atoms with E-state index in [4.69, 9.17) is 10.5 Å². The summed E-state index contributed by atoms with van der Waals surface area (Å²) >= 11 is 0. The fourth-order valence-electron chi connectivity index (χ4n) is 2.59. The van der Waals surface area contributed by atoms with E-state index in [2.05, 4.69) is 35.5 Å². The molecule has 0 spiro atoms. The molecule has 102 valence electrons. The molecular formula is C15H21N3O. The summed E-state index contributed by atoms with van der Waals surface area (Å²) in [4.78, 5) is 4.51. The van der Waals surface area contributed by atoms with Gasteiger partial charge in [-0.3, -0.25) is 0 Å². The number of aryl methyl sites for hydroxylation is 3. The molecule has 2 aromatic rings. The SMILES string of the molecule is COc1c(C)cc(-c2c(CN)nc(C)n2C)cc1C. The van der Waals surface area contributed by atoms with Gasteiger partial charge >= 0.3 is 0 Å². The summed E-state index contributed by atoms with van der Waals surface area (Å²) in [7, 11) is 3.72. The number of methoxy groups -OCH3 is 1. The molecule has 0 atom stereocenters. The minimum absolute atomic E-state index is 0.446. The molecule has 2 N–H and O–H groups in total. The molecule has 1 heterocycles. The fourth-order valence-corrected chi connectivity index (χ4v) is 2.59. The summed E-state index contributed by atoms with van der Waals surface area (Å²) in [6, 6.07) is 4.25. The van der Waals surface area contributed by atoms with Crippen molar-refractivity contribution in [2.45, 2.75) is 27.3 Å². The molecule has 1 aromatic carbocycles. The third-order valence-electron chi connectivity index (χ3n) is 3.52. The summed E-state index contributed by atoms with van der Waals surface area (Å²) in [5.41, 5.74) is 11.2. The zero-order valence-electron chi connectivity index (χ0n) is 12.2. The van der Waals surface area contributed by atoms with E-state index >= 15 is 0 Å². The zero-order chi connectivity index (χ0) is 14.2. The van der Waals surface area contributed by atoms with Crippen LogP contribution in [0.15, 0.2) is 12.1 Å². The first-order valence-corrected chi connectivity index (χ1v) is 6.37. The van der Waals surface area contributed by atoms with E-state index in [-0.39, 0.29) is 0 Å². The molecule has 4 heteroatoms. The van der Waals surface area contributed by atoms with Crippen LogP contribution in [0, 0.1) is 20.8 Å². The van der Waals surface area contributed by atoms with Crippen molar-refractivity contribution in [3.05, 3.63) is 34.8 Å². The van der Waals surface area contributed by atoms with Gasteiger partial charge in [-0.05, 0) is 44.0 Å². The number of nitrogens with two attached hydrogens (primary N) is 1. The normalized spacial score (nSPS) is 10.8. The Hall–Kier alpha value is -1.81. The Kier molecular flexibility index (Phi) is 3.62. The number of ether oxygens (including phenoxy) is 1. The molecule has 1 aromatic heterocycles. The van der Waals surface area contributed by atoms with Crippen LogP contribution in [0.2, 0.25) is 0 Å². The number of nitrogens with zero attached hydrogens (tertiary/aromatic N) is 2. The summed E-state index contributed by atoms with van der Waals surface area (Å²) in [6.45, 7) is 6.55. The number of benzene rings is 1. The largest absolute Gasteiger partial charge is 0.496 e. The molecule has 0 aliphatic rings. The minimum Gasteiger partial charge on any atom is -0.496 e. The van der Waals surface area contributed by atoms with Crippen molar-refractivity contribution in [2.24, 2.45) is 12.8 Å². The van der Waals surface area contributed by atoms with Crippen LogP contribution in [-0.4, -0.2) is 16.7 Å². The summed E-state index contributed by atoms with van der Waals surface area (Å²) in [5, 5.41) is 0. The molecule has 0 aliphatic carbocycles. The van der Waals surface area contributed by atoms with Crippen molar-refractivity contribution in [3.8, 4) is 17.0 Å². The third-order valence-corrected chi connectivity index (χ3v) is 3.52. The Morgan fingerprint density at radius 3 is 2.26 bits per heavy atom. The second-order valence-electron chi connectivity index (χ2n) is 4.86. The van der Waals surface area contributed by atoms with E-state index in [0.29, 0.717) is 6.54 Å².